The number of halogens is 1. The van der Waals surface area contributed by atoms with Crippen molar-refractivity contribution in [2.24, 2.45) is 5.92 Å². The van der Waals surface area contributed by atoms with Gasteiger partial charge in [0.05, 0.1) is 52.7 Å². The molecule has 10 rings (SSSR count). The quantitative estimate of drug-likeness (QED) is 0.0373. The van der Waals surface area contributed by atoms with E-state index in [2.05, 4.69) is 42.1 Å². The molecule has 84 heavy (non-hydrogen) atoms. The van der Waals surface area contributed by atoms with Crippen LogP contribution in [0.15, 0.2) is 72.4 Å². The van der Waals surface area contributed by atoms with Crippen LogP contribution in [-0.2, 0) is 25.7 Å². The summed E-state index contributed by atoms with van der Waals surface area (Å²) in [6, 6.07) is 15.5. The van der Waals surface area contributed by atoms with Crippen LogP contribution in [0.5, 0.6) is 11.8 Å². The molecule has 6 N–H and O–H groups in total. The van der Waals surface area contributed by atoms with E-state index < -0.39 is 60.3 Å². The number of aliphatic hydroxyl groups excluding tert-OH is 2. The van der Waals surface area contributed by atoms with Crippen molar-refractivity contribution in [1.29, 1.82) is 0 Å². The van der Waals surface area contributed by atoms with Gasteiger partial charge in [0.2, 0.25) is 17.7 Å². The lowest BCUT2D eigenvalue weighted by Crippen LogP contribution is -2.55. The lowest BCUT2D eigenvalue weighted by Gasteiger charge is -2.31. The van der Waals surface area contributed by atoms with Crippen LogP contribution < -0.4 is 30.3 Å². The summed E-state index contributed by atoms with van der Waals surface area (Å²) in [5, 5.41) is 39.1. The van der Waals surface area contributed by atoms with Gasteiger partial charge in [-0.2, -0.15) is 15.1 Å². The third kappa shape index (κ3) is 12.7. The summed E-state index contributed by atoms with van der Waals surface area (Å²) in [5.74, 6) is -1.37. The maximum atomic E-state index is 16.1. The first-order valence-corrected chi connectivity index (χ1v) is 29.6. The van der Waals surface area contributed by atoms with Crippen LogP contribution in [0, 0.1) is 25.6 Å². The summed E-state index contributed by atoms with van der Waals surface area (Å²) in [6.07, 6.45) is 3.14. The Labute approximate surface area is 491 Å². The summed E-state index contributed by atoms with van der Waals surface area (Å²) in [6.45, 7) is 10.6. The number of β-amino-alcohol motifs (C(OH)–C–C–N with tert-alkyl or cyclic N) is 1. The highest BCUT2D eigenvalue weighted by Crippen LogP contribution is 2.53. The molecule has 7 aromatic rings. The molecule has 22 heteroatoms. The number of H-pyrrole nitrogens is 1. The Bertz CT molecular complexity index is 3530. The number of benzene rings is 4. The molecule has 6 atom stereocenters. The Morgan fingerprint density at radius 3 is 2.38 bits per heavy atom. The number of carbonyl (C=O) groups is 4. The molecule has 3 aliphatic rings. The van der Waals surface area contributed by atoms with Gasteiger partial charge in [0, 0.05) is 87.2 Å². The van der Waals surface area contributed by atoms with Gasteiger partial charge in [-0.1, -0.05) is 50.2 Å². The fraction of sp³-hybridized carbons (Fsp3) is 0.452. The number of nitrogens with one attached hydrogen (secondary N) is 4. The second-order valence-electron chi connectivity index (χ2n) is 22.8. The third-order valence-corrected chi connectivity index (χ3v) is 17.4. The third-order valence-electron chi connectivity index (χ3n) is 16.4. The molecule has 444 valence electrons. The average Bonchev–Trinajstić information content (AvgIpc) is 1.39. The van der Waals surface area contributed by atoms with E-state index in [0.29, 0.717) is 44.9 Å². The van der Waals surface area contributed by atoms with Gasteiger partial charge in [-0.25, -0.2) is 9.37 Å². The zero-order chi connectivity index (χ0) is 59.5. The van der Waals surface area contributed by atoms with E-state index in [0.717, 1.165) is 75.9 Å². The highest BCUT2D eigenvalue weighted by molar-refractivity contribution is 7.13. The van der Waals surface area contributed by atoms with Gasteiger partial charge in [0.15, 0.2) is 5.75 Å². The number of likely N-dealkylation sites (tertiary alicyclic amines) is 1. The number of hydrogen-bond donors (Lipinski definition) is 6. The van der Waals surface area contributed by atoms with Gasteiger partial charge in [-0.15, -0.1) is 11.3 Å². The van der Waals surface area contributed by atoms with Crippen molar-refractivity contribution in [2.45, 2.75) is 116 Å². The molecule has 3 fully saturated rings. The fourth-order valence-electron chi connectivity index (χ4n) is 11.2. The predicted octanol–water partition coefficient (Wildman–Crippen LogP) is 7.14. The number of anilines is 1. The van der Waals surface area contributed by atoms with Gasteiger partial charge in [-0.05, 0) is 110 Å². The number of methoxy groups -OCH3 is 1. The number of nitrogens with zero attached hydrogens (tertiary/aromatic N) is 7. The van der Waals surface area contributed by atoms with E-state index in [1.54, 1.807) is 70.9 Å². The number of aromatic amines is 1. The second-order valence-corrected chi connectivity index (χ2v) is 23.6. The van der Waals surface area contributed by atoms with Gasteiger partial charge in [0.1, 0.15) is 42.4 Å². The van der Waals surface area contributed by atoms with E-state index in [4.69, 9.17) is 24.2 Å². The van der Waals surface area contributed by atoms with Crippen LogP contribution >= 0.6 is 11.3 Å². The average molecular weight is 1170 g/mol. The monoisotopic (exact) mass is 1170 g/mol. The number of aryl methyl sites for hydroxylation is 1. The maximum Gasteiger partial charge on any atom is 0.319 e. The molecular weight excluding hydrogens is 1090 g/mol. The van der Waals surface area contributed by atoms with Crippen LogP contribution in [0.3, 0.4) is 0 Å². The molecule has 0 radical (unpaired) electrons. The summed E-state index contributed by atoms with van der Waals surface area (Å²) in [4.78, 5) is 75.9. The SMILES string of the molecule is CO[C@@H](C)COc1nc(N(C)C2CCNC2)c2cc(C3CC3)c(-c3c(C)c(F)cc4[nH]ncc34)c(OCc3ccc(C(=O)N(C)CCC(=O)N[C@H](C(=O)N4C[C@H](O)C[C@H]4C(=O)N[C@@H](CO)c4ccc(-c5scnc5C)cc4)C(C)C)cc3)c2n1. The number of aliphatic hydroxyl groups is 2. The Hall–Kier alpha value is -7.63. The predicted molar refractivity (Wildman–Crippen MR) is 318 cm³/mol. The van der Waals surface area contributed by atoms with E-state index in [-0.39, 0.29) is 69.1 Å². The van der Waals surface area contributed by atoms with Crippen molar-refractivity contribution in [3.63, 3.8) is 0 Å². The lowest BCUT2D eigenvalue weighted by molar-refractivity contribution is -0.142. The van der Waals surface area contributed by atoms with Crippen LogP contribution in [0.25, 0.3) is 43.4 Å². The molecule has 4 amide bonds. The number of rotatable bonds is 23. The Kier molecular flexibility index (Phi) is 18.2. The molecule has 4 aromatic carbocycles. The molecule has 3 aromatic heterocycles. The lowest BCUT2D eigenvalue weighted by atomic mass is 9.88. The standard InChI is InChI=1S/C62H74FN11O9S/c1-33(2)54(61(80)74-28-43(76)23-50(74)59(78)67-49(29-75)39-15-17-40(18-16-39)57-36(5)65-32-84-57)68-51(77)20-22-72(6)60(79)41-11-9-37(10-12-41)31-82-56-53(52-35(4)47(63)25-48-46(52)27-66-71-48)44(38-13-14-38)24-45-55(56)69-62(83-30-34(3)81-8)70-58(45)73(7)42-19-21-64-26-42/h9-12,15-18,24-25,27,32-34,38,42-43,49-50,54,64,75-76H,13-14,19-23,26,28-31H2,1-8H3,(H,66,71)(H,67,78)(H,68,77)/t34-,42?,43+,49-,50-,54-/m0/s1. The zero-order valence-electron chi connectivity index (χ0n) is 48.7. The highest BCUT2D eigenvalue weighted by Gasteiger charge is 2.43. The highest BCUT2D eigenvalue weighted by atomic mass is 32.1. The van der Waals surface area contributed by atoms with Crippen molar-refractivity contribution in [2.75, 3.05) is 65.5 Å². The van der Waals surface area contributed by atoms with E-state index in [1.165, 1.54) is 27.2 Å². The van der Waals surface area contributed by atoms with Crippen molar-refractivity contribution in [1.82, 2.24) is 50.9 Å². The van der Waals surface area contributed by atoms with Crippen molar-refractivity contribution >= 4 is 62.6 Å². The molecule has 2 saturated heterocycles. The molecule has 1 unspecified atom stereocenters. The van der Waals surface area contributed by atoms with Crippen LogP contribution in [-0.4, -0.2) is 160 Å². The molecule has 1 saturated carbocycles. The number of ether oxygens (including phenoxy) is 3. The van der Waals surface area contributed by atoms with E-state index in [9.17, 15) is 29.4 Å². The minimum atomic E-state index is -1.05. The van der Waals surface area contributed by atoms with Crippen LogP contribution in [0.1, 0.15) is 103 Å². The van der Waals surface area contributed by atoms with E-state index >= 15 is 4.39 Å². The van der Waals surface area contributed by atoms with Crippen LogP contribution in [0.4, 0.5) is 10.2 Å². The zero-order valence-corrected chi connectivity index (χ0v) is 49.5. The number of hydrogen-bond acceptors (Lipinski definition) is 16. The minimum absolute atomic E-state index is 0.0176. The van der Waals surface area contributed by atoms with Gasteiger partial charge in [-0.3, -0.25) is 24.3 Å². The fourth-order valence-corrected chi connectivity index (χ4v) is 12.0. The summed E-state index contributed by atoms with van der Waals surface area (Å²) in [7, 11) is 5.24. The molecule has 2 aliphatic heterocycles. The maximum absolute atomic E-state index is 16.1. The normalized spacial score (nSPS) is 18.0. The molecule has 5 heterocycles. The Morgan fingerprint density at radius 1 is 0.952 bits per heavy atom. The number of thiazole rings is 1. The minimum Gasteiger partial charge on any atom is -0.486 e. The second kappa shape index (κ2) is 25.7. The molecule has 1 aliphatic carbocycles. The van der Waals surface area contributed by atoms with Crippen molar-refractivity contribution in [3.8, 4) is 33.3 Å². The number of likely N-dealkylation sites (N-methyl/N-ethyl adjacent to an activating group) is 1. The van der Waals surface area contributed by atoms with Crippen LogP contribution in [0.2, 0.25) is 0 Å². The van der Waals surface area contributed by atoms with Gasteiger partial charge < -0.3 is 55.1 Å². The first kappa shape index (κ1) is 59.5. The molecule has 0 bridgehead atoms. The molecule has 0 spiro atoms. The largest absolute Gasteiger partial charge is 0.486 e. The van der Waals surface area contributed by atoms with Gasteiger partial charge >= 0.3 is 6.01 Å². The van der Waals surface area contributed by atoms with Gasteiger partial charge in [0.25, 0.3) is 5.91 Å². The smallest absolute Gasteiger partial charge is 0.319 e. The Balaban J connectivity index is 0.833. The summed E-state index contributed by atoms with van der Waals surface area (Å²) >= 11 is 1.52. The van der Waals surface area contributed by atoms with Crippen molar-refractivity contribution < 1.29 is 48.0 Å². The topological polar surface area (TPSA) is 250 Å². The van der Waals surface area contributed by atoms with E-state index in [1.807, 2.05) is 45.2 Å². The number of fused-ring (bicyclic) bond motifs is 2. The number of amides is 4. The number of carbonyl (C=O) groups excluding carboxylic acids is 4. The summed E-state index contributed by atoms with van der Waals surface area (Å²) < 4.78 is 34.8. The Morgan fingerprint density at radius 2 is 1.71 bits per heavy atom. The first-order valence-electron chi connectivity index (χ1n) is 28.7. The summed E-state index contributed by atoms with van der Waals surface area (Å²) in [5.41, 5.74) is 9.25. The first-order chi connectivity index (χ1) is 40.4. The van der Waals surface area contributed by atoms with Crippen molar-refractivity contribution in [3.05, 3.63) is 112 Å². The number of aromatic nitrogens is 5. The molecule has 20 nitrogen and oxygen atoms in total. The molecular formula is C62H74FN11O9S.